The number of nitrogens with one attached hydrogen (secondary N) is 1. The van der Waals surface area contributed by atoms with Crippen LogP contribution in [0.3, 0.4) is 0 Å². The molecular formula is C20H28N2O2. The number of carbonyl (C=O) groups excluding carboxylic acids is 1. The summed E-state index contributed by atoms with van der Waals surface area (Å²) in [6, 6.07) is 8.22. The van der Waals surface area contributed by atoms with E-state index in [1.165, 1.54) is 32.1 Å². The molecule has 4 heteroatoms. The van der Waals surface area contributed by atoms with Gasteiger partial charge in [-0.1, -0.05) is 44.4 Å². The fourth-order valence-corrected chi connectivity index (χ4v) is 3.60. The van der Waals surface area contributed by atoms with Gasteiger partial charge in [0.05, 0.1) is 5.56 Å². The maximum Gasteiger partial charge on any atom is 0.340 e. The molecule has 1 N–H and O–H groups in total. The second-order valence-corrected chi connectivity index (χ2v) is 6.74. The number of ether oxygens (including phenoxy) is 1. The molecule has 1 fully saturated rings. The number of unbranched alkanes of at least 4 members (excludes halogenated alkanes) is 2. The van der Waals surface area contributed by atoms with Gasteiger partial charge < -0.3 is 9.72 Å². The highest BCUT2D eigenvalue weighted by Crippen LogP contribution is 2.21. The number of aromatic amines is 1. The van der Waals surface area contributed by atoms with Crippen LogP contribution in [0.4, 0.5) is 0 Å². The van der Waals surface area contributed by atoms with E-state index in [1.54, 1.807) is 6.20 Å². The maximum atomic E-state index is 12.5. The Labute approximate surface area is 144 Å². The van der Waals surface area contributed by atoms with E-state index in [-0.39, 0.29) is 5.97 Å². The van der Waals surface area contributed by atoms with Crippen LogP contribution in [0.1, 0.15) is 55.8 Å². The molecule has 2 aromatic rings. The summed E-state index contributed by atoms with van der Waals surface area (Å²) in [5, 5.41) is 0.936. The normalized spacial score (nSPS) is 18.8. The minimum Gasteiger partial charge on any atom is -0.460 e. The molecule has 1 aliphatic rings. The van der Waals surface area contributed by atoms with E-state index in [0.717, 1.165) is 30.4 Å². The summed E-state index contributed by atoms with van der Waals surface area (Å²) in [6.45, 7) is 5.00. The predicted molar refractivity (Wildman–Crippen MR) is 97.3 cm³/mol. The number of aromatic nitrogens is 1. The zero-order valence-electron chi connectivity index (χ0n) is 14.6. The van der Waals surface area contributed by atoms with Crippen molar-refractivity contribution in [2.24, 2.45) is 0 Å². The number of fused-ring (bicyclic) bond motifs is 1. The number of nitrogens with zero attached hydrogens (tertiary/aromatic N) is 1. The van der Waals surface area contributed by atoms with Crippen LogP contribution in [0.25, 0.3) is 10.9 Å². The first-order chi connectivity index (χ1) is 11.8. The summed E-state index contributed by atoms with van der Waals surface area (Å²) in [5.74, 6) is -0.216. The SMILES string of the molecule is CCCCCN1CCCCC1COC(=O)c1c[nH]c2ccccc12. The molecule has 3 rings (SSSR count). The van der Waals surface area contributed by atoms with E-state index in [4.69, 9.17) is 4.74 Å². The van der Waals surface area contributed by atoms with Gasteiger partial charge in [-0.15, -0.1) is 0 Å². The van der Waals surface area contributed by atoms with E-state index >= 15 is 0 Å². The van der Waals surface area contributed by atoms with Crippen LogP contribution < -0.4 is 0 Å². The average Bonchev–Trinajstić information content (AvgIpc) is 3.05. The number of rotatable bonds is 7. The highest BCUT2D eigenvalue weighted by Gasteiger charge is 2.24. The number of hydrogen-bond donors (Lipinski definition) is 1. The van der Waals surface area contributed by atoms with Crippen molar-refractivity contribution in [1.29, 1.82) is 0 Å². The Hall–Kier alpha value is -1.81. The molecule has 0 spiro atoms. The van der Waals surface area contributed by atoms with E-state index in [0.29, 0.717) is 18.2 Å². The average molecular weight is 328 g/mol. The van der Waals surface area contributed by atoms with Crippen molar-refractivity contribution in [3.8, 4) is 0 Å². The molecule has 0 amide bonds. The molecule has 0 radical (unpaired) electrons. The molecule has 1 unspecified atom stereocenters. The van der Waals surface area contributed by atoms with Gasteiger partial charge in [0.25, 0.3) is 0 Å². The van der Waals surface area contributed by atoms with Crippen LogP contribution in [-0.2, 0) is 4.74 Å². The standard InChI is InChI=1S/C20H28N2O2/c1-2-3-7-12-22-13-8-6-9-16(22)15-24-20(23)18-14-21-19-11-5-4-10-17(18)19/h4-5,10-11,14,16,21H,2-3,6-9,12-13,15H2,1H3. The first-order valence-electron chi connectivity index (χ1n) is 9.27. The van der Waals surface area contributed by atoms with E-state index in [1.807, 2.05) is 24.3 Å². The third kappa shape index (κ3) is 3.99. The molecule has 1 atom stereocenters. The van der Waals surface area contributed by atoms with Gasteiger partial charge in [-0.05, 0) is 38.4 Å². The highest BCUT2D eigenvalue weighted by molar-refractivity contribution is 6.03. The van der Waals surface area contributed by atoms with Crippen LogP contribution in [0.15, 0.2) is 30.5 Å². The lowest BCUT2D eigenvalue weighted by Crippen LogP contribution is -2.43. The van der Waals surface area contributed by atoms with Gasteiger partial charge in [-0.25, -0.2) is 4.79 Å². The first kappa shape index (κ1) is 17.0. The fraction of sp³-hybridized carbons (Fsp3) is 0.550. The van der Waals surface area contributed by atoms with Crippen molar-refractivity contribution in [3.05, 3.63) is 36.0 Å². The molecule has 2 heterocycles. The van der Waals surface area contributed by atoms with Crippen molar-refractivity contribution in [2.45, 2.75) is 51.5 Å². The number of carbonyl (C=O) groups is 1. The summed E-state index contributed by atoms with van der Waals surface area (Å²) in [6.07, 6.45) is 9.15. The number of esters is 1. The van der Waals surface area contributed by atoms with Gasteiger partial charge in [0.15, 0.2) is 0 Å². The van der Waals surface area contributed by atoms with Gasteiger partial charge in [0, 0.05) is 23.1 Å². The molecule has 0 saturated carbocycles. The number of para-hydroxylation sites is 1. The Balaban J connectivity index is 1.58. The topological polar surface area (TPSA) is 45.3 Å². The Morgan fingerprint density at radius 3 is 3.04 bits per heavy atom. The quantitative estimate of drug-likeness (QED) is 0.606. The Morgan fingerprint density at radius 2 is 2.17 bits per heavy atom. The zero-order valence-corrected chi connectivity index (χ0v) is 14.6. The molecule has 1 aromatic heterocycles. The minimum atomic E-state index is -0.216. The molecule has 0 aliphatic carbocycles. The molecular weight excluding hydrogens is 300 g/mol. The molecule has 24 heavy (non-hydrogen) atoms. The molecule has 130 valence electrons. The van der Waals surface area contributed by atoms with Gasteiger partial charge in [-0.3, -0.25) is 4.90 Å². The lowest BCUT2D eigenvalue weighted by molar-refractivity contribution is 0.0279. The van der Waals surface area contributed by atoms with Crippen LogP contribution in [0, 0.1) is 0 Å². The first-order valence-corrected chi connectivity index (χ1v) is 9.27. The van der Waals surface area contributed by atoms with Crippen LogP contribution >= 0.6 is 0 Å². The predicted octanol–water partition coefficient (Wildman–Crippen LogP) is 4.37. The summed E-state index contributed by atoms with van der Waals surface area (Å²) < 4.78 is 5.67. The summed E-state index contributed by atoms with van der Waals surface area (Å²) in [5.41, 5.74) is 1.61. The Kier molecular flexibility index (Phi) is 5.91. The molecule has 1 saturated heterocycles. The lowest BCUT2D eigenvalue weighted by Gasteiger charge is -2.35. The van der Waals surface area contributed by atoms with Crippen molar-refractivity contribution >= 4 is 16.9 Å². The van der Waals surface area contributed by atoms with Gasteiger partial charge >= 0.3 is 5.97 Å². The molecule has 4 nitrogen and oxygen atoms in total. The molecule has 1 aromatic carbocycles. The number of piperidine rings is 1. The van der Waals surface area contributed by atoms with E-state index in [2.05, 4.69) is 16.8 Å². The third-order valence-electron chi connectivity index (χ3n) is 5.01. The van der Waals surface area contributed by atoms with Crippen molar-refractivity contribution in [2.75, 3.05) is 19.7 Å². The van der Waals surface area contributed by atoms with Crippen molar-refractivity contribution in [3.63, 3.8) is 0 Å². The Morgan fingerprint density at radius 1 is 1.29 bits per heavy atom. The second-order valence-electron chi connectivity index (χ2n) is 6.74. The van der Waals surface area contributed by atoms with E-state index in [9.17, 15) is 4.79 Å². The number of hydrogen-bond acceptors (Lipinski definition) is 3. The van der Waals surface area contributed by atoms with Crippen LogP contribution in [0.5, 0.6) is 0 Å². The second kappa shape index (κ2) is 8.34. The summed E-state index contributed by atoms with van der Waals surface area (Å²) in [7, 11) is 0. The third-order valence-corrected chi connectivity index (χ3v) is 5.01. The fourth-order valence-electron chi connectivity index (χ4n) is 3.60. The number of H-pyrrole nitrogens is 1. The zero-order chi connectivity index (χ0) is 16.8. The van der Waals surface area contributed by atoms with Crippen LogP contribution in [-0.4, -0.2) is 41.6 Å². The highest BCUT2D eigenvalue weighted by atomic mass is 16.5. The van der Waals surface area contributed by atoms with Crippen LogP contribution in [0.2, 0.25) is 0 Å². The maximum absolute atomic E-state index is 12.5. The minimum absolute atomic E-state index is 0.216. The smallest absolute Gasteiger partial charge is 0.340 e. The van der Waals surface area contributed by atoms with Gasteiger partial charge in [0.2, 0.25) is 0 Å². The number of likely N-dealkylation sites (tertiary alicyclic amines) is 1. The van der Waals surface area contributed by atoms with Gasteiger partial charge in [-0.2, -0.15) is 0 Å². The number of benzene rings is 1. The summed E-state index contributed by atoms with van der Waals surface area (Å²) >= 11 is 0. The van der Waals surface area contributed by atoms with Crippen molar-refractivity contribution in [1.82, 2.24) is 9.88 Å². The van der Waals surface area contributed by atoms with Crippen molar-refractivity contribution < 1.29 is 9.53 Å². The van der Waals surface area contributed by atoms with E-state index < -0.39 is 0 Å². The van der Waals surface area contributed by atoms with Gasteiger partial charge in [0.1, 0.15) is 6.61 Å². The molecule has 0 bridgehead atoms. The Bertz CT molecular complexity index is 664. The molecule has 1 aliphatic heterocycles. The largest absolute Gasteiger partial charge is 0.460 e. The monoisotopic (exact) mass is 328 g/mol. The lowest BCUT2D eigenvalue weighted by atomic mass is 10.0. The summed E-state index contributed by atoms with van der Waals surface area (Å²) in [4.78, 5) is 18.1.